The first-order chi connectivity index (χ1) is 8.94. The van der Waals surface area contributed by atoms with Crippen molar-refractivity contribution in [2.24, 2.45) is 11.7 Å². The predicted molar refractivity (Wildman–Crippen MR) is 76.2 cm³/mol. The van der Waals surface area contributed by atoms with Gasteiger partial charge in [-0.15, -0.1) is 12.4 Å². The molecule has 1 fully saturated rings. The molecule has 1 aromatic carbocycles. The molecule has 20 heavy (non-hydrogen) atoms. The summed E-state index contributed by atoms with van der Waals surface area (Å²) in [6.07, 6.45) is 1.92. The number of nitro groups is 1. The normalized spacial score (nSPS) is 16.2. The number of non-ortho nitro benzene ring substituents is 1. The van der Waals surface area contributed by atoms with Crippen LogP contribution >= 0.6 is 12.4 Å². The third-order valence-corrected chi connectivity index (χ3v) is 4.58. The molecule has 1 aliphatic rings. The minimum absolute atomic E-state index is 0. The maximum absolute atomic E-state index is 12.1. The SMILES string of the molecule is Cl.NCC(NS(=O)(=O)c1cccc([N+](=O)[O-])c1)C1CC1. The second-order valence-electron chi connectivity index (χ2n) is 4.56. The molecule has 112 valence electrons. The Bertz CT molecular complexity index is 589. The van der Waals surface area contributed by atoms with Gasteiger partial charge in [0.1, 0.15) is 0 Å². The number of hydrogen-bond acceptors (Lipinski definition) is 5. The Hall–Kier alpha value is -1.22. The summed E-state index contributed by atoms with van der Waals surface area (Å²) in [7, 11) is -3.77. The third-order valence-electron chi connectivity index (χ3n) is 3.09. The Balaban J connectivity index is 0.00000200. The van der Waals surface area contributed by atoms with Gasteiger partial charge in [0.2, 0.25) is 10.0 Å². The summed E-state index contributed by atoms with van der Waals surface area (Å²) < 4.78 is 26.8. The van der Waals surface area contributed by atoms with E-state index in [1.807, 2.05) is 0 Å². The van der Waals surface area contributed by atoms with Crippen LogP contribution in [0.25, 0.3) is 0 Å². The molecule has 0 aromatic heterocycles. The summed E-state index contributed by atoms with van der Waals surface area (Å²) in [5, 5.41) is 10.6. The highest BCUT2D eigenvalue weighted by molar-refractivity contribution is 7.89. The summed E-state index contributed by atoms with van der Waals surface area (Å²) >= 11 is 0. The smallest absolute Gasteiger partial charge is 0.270 e. The van der Waals surface area contributed by atoms with Crippen LogP contribution in [0.2, 0.25) is 0 Å². The van der Waals surface area contributed by atoms with Gasteiger partial charge in [0, 0.05) is 24.7 Å². The molecule has 1 aromatic rings. The number of nitrogens with one attached hydrogen (secondary N) is 1. The highest BCUT2D eigenvalue weighted by Crippen LogP contribution is 2.33. The molecular formula is C11H16ClN3O4S. The quantitative estimate of drug-likeness (QED) is 0.599. The van der Waals surface area contributed by atoms with E-state index in [2.05, 4.69) is 4.72 Å². The van der Waals surface area contributed by atoms with Crippen molar-refractivity contribution < 1.29 is 13.3 Å². The van der Waals surface area contributed by atoms with Crippen LogP contribution in [0.3, 0.4) is 0 Å². The lowest BCUT2D eigenvalue weighted by atomic mass is 10.2. The average Bonchev–Trinajstić information content (AvgIpc) is 3.20. The van der Waals surface area contributed by atoms with Gasteiger partial charge in [-0.1, -0.05) is 6.07 Å². The zero-order valence-electron chi connectivity index (χ0n) is 10.6. The van der Waals surface area contributed by atoms with E-state index in [4.69, 9.17) is 5.73 Å². The van der Waals surface area contributed by atoms with Crippen LogP contribution in [-0.2, 0) is 10.0 Å². The zero-order chi connectivity index (χ0) is 14.0. The van der Waals surface area contributed by atoms with Gasteiger partial charge in [0.15, 0.2) is 0 Å². The van der Waals surface area contributed by atoms with E-state index >= 15 is 0 Å². The van der Waals surface area contributed by atoms with E-state index < -0.39 is 14.9 Å². The van der Waals surface area contributed by atoms with Gasteiger partial charge in [-0.05, 0) is 24.8 Å². The topological polar surface area (TPSA) is 115 Å². The molecule has 1 unspecified atom stereocenters. The second kappa shape index (κ2) is 6.49. The van der Waals surface area contributed by atoms with Crippen LogP contribution in [0.1, 0.15) is 12.8 Å². The molecule has 1 atom stereocenters. The molecular weight excluding hydrogens is 306 g/mol. The molecule has 0 amide bonds. The fraction of sp³-hybridized carbons (Fsp3) is 0.455. The minimum Gasteiger partial charge on any atom is -0.329 e. The number of nitro benzene ring substituents is 1. The monoisotopic (exact) mass is 321 g/mol. The first kappa shape index (κ1) is 16.8. The molecule has 9 heteroatoms. The number of rotatable bonds is 6. The molecule has 1 saturated carbocycles. The summed E-state index contributed by atoms with van der Waals surface area (Å²) in [6, 6.07) is 4.67. The van der Waals surface area contributed by atoms with Crippen LogP contribution in [0, 0.1) is 16.0 Å². The van der Waals surface area contributed by atoms with E-state index in [9.17, 15) is 18.5 Å². The van der Waals surface area contributed by atoms with Crippen molar-refractivity contribution >= 4 is 28.1 Å². The van der Waals surface area contributed by atoms with Crippen molar-refractivity contribution in [3.8, 4) is 0 Å². The van der Waals surface area contributed by atoms with Crippen LogP contribution in [0.4, 0.5) is 5.69 Å². The molecule has 0 saturated heterocycles. The van der Waals surface area contributed by atoms with Gasteiger partial charge in [-0.25, -0.2) is 13.1 Å². The van der Waals surface area contributed by atoms with Crippen molar-refractivity contribution in [1.82, 2.24) is 4.72 Å². The summed E-state index contributed by atoms with van der Waals surface area (Å²) in [6.45, 7) is 0.221. The van der Waals surface area contributed by atoms with Gasteiger partial charge in [-0.2, -0.15) is 0 Å². The molecule has 0 heterocycles. The Kier molecular flexibility index (Phi) is 5.46. The lowest BCUT2D eigenvalue weighted by Gasteiger charge is -2.16. The van der Waals surface area contributed by atoms with Gasteiger partial charge < -0.3 is 5.73 Å². The molecule has 7 nitrogen and oxygen atoms in total. The molecule has 3 N–H and O–H groups in total. The lowest BCUT2D eigenvalue weighted by Crippen LogP contribution is -2.41. The summed E-state index contributed by atoms with van der Waals surface area (Å²) in [5.74, 6) is 0.276. The van der Waals surface area contributed by atoms with Crippen molar-refractivity contribution in [3.05, 3.63) is 34.4 Å². The standard InChI is InChI=1S/C11H15N3O4S.ClH/c12-7-11(8-4-5-8)13-19(17,18)10-3-1-2-9(6-10)14(15)16;/h1-3,6,8,11,13H,4-5,7,12H2;1H. The van der Waals surface area contributed by atoms with Gasteiger partial charge in [0.25, 0.3) is 5.69 Å². The van der Waals surface area contributed by atoms with E-state index in [0.29, 0.717) is 0 Å². The molecule has 0 bridgehead atoms. The number of nitrogens with two attached hydrogens (primary N) is 1. The number of benzene rings is 1. The number of sulfonamides is 1. The predicted octanol–water partition coefficient (Wildman–Crippen LogP) is 1.03. The van der Waals surface area contributed by atoms with Crippen molar-refractivity contribution in [3.63, 3.8) is 0 Å². The molecule has 0 spiro atoms. The average molecular weight is 322 g/mol. The summed E-state index contributed by atoms with van der Waals surface area (Å²) in [5.41, 5.74) is 5.29. The fourth-order valence-corrected chi connectivity index (χ4v) is 3.22. The first-order valence-corrected chi connectivity index (χ1v) is 7.39. The van der Waals surface area contributed by atoms with Crippen molar-refractivity contribution in [1.29, 1.82) is 0 Å². The highest BCUT2D eigenvalue weighted by atomic mass is 35.5. The van der Waals surface area contributed by atoms with Gasteiger partial charge in [-0.3, -0.25) is 10.1 Å². The van der Waals surface area contributed by atoms with E-state index in [1.54, 1.807) is 0 Å². The Morgan fingerprint density at radius 2 is 2.10 bits per heavy atom. The van der Waals surface area contributed by atoms with E-state index in [1.165, 1.54) is 18.2 Å². The number of nitrogens with zero attached hydrogens (tertiary/aromatic N) is 1. The Morgan fingerprint density at radius 1 is 1.45 bits per heavy atom. The Morgan fingerprint density at radius 3 is 2.60 bits per heavy atom. The van der Waals surface area contributed by atoms with Crippen LogP contribution in [-0.4, -0.2) is 25.9 Å². The van der Waals surface area contributed by atoms with Crippen LogP contribution < -0.4 is 10.5 Å². The van der Waals surface area contributed by atoms with E-state index in [0.717, 1.165) is 18.9 Å². The molecule has 1 aliphatic carbocycles. The number of hydrogen-bond donors (Lipinski definition) is 2. The molecule has 0 aliphatic heterocycles. The maximum atomic E-state index is 12.1. The minimum atomic E-state index is -3.77. The zero-order valence-corrected chi connectivity index (χ0v) is 12.2. The van der Waals surface area contributed by atoms with Crippen LogP contribution in [0.15, 0.2) is 29.2 Å². The maximum Gasteiger partial charge on any atom is 0.270 e. The lowest BCUT2D eigenvalue weighted by molar-refractivity contribution is -0.385. The highest BCUT2D eigenvalue weighted by Gasteiger charge is 2.33. The van der Waals surface area contributed by atoms with Crippen LogP contribution in [0.5, 0.6) is 0 Å². The van der Waals surface area contributed by atoms with Gasteiger partial charge in [0.05, 0.1) is 9.82 Å². The van der Waals surface area contributed by atoms with Crippen molar-refractivity contribution in [2.75, 3.05) is 6.54 Å². The van der Waals surface area contributed by atoms with Crippen molar-refractivity contribution in [2.45, 2.75) is 23.8 Å². The molecule has 0 radical (unpaired) electrons. The second-order valence-corrected chi connectivity index (χ2v) is 6.27. The number of halogens is 1. The largest absolute Gasteiger partial charge is 0.329 e. The summed E-state index contributed by atoms with van der Waals surface area (Å²) in [4.78, 5) is 9.91. The Labute approximate surface area is 123 Å². The van der Waals surface area contributed by atoms with E-state index in [-0.39, 0.29) is 41.5 Å². The van der Waals surface area contributed by atoms with Gasteiger partial charge >= 0.3 is 0 Å². The fourth-order valence-electron chi connectivity index (χ4n) is 1.87. The first-order valence-electron chi connectivity index (χ1n) is 5.91. The third kappa shape index (κ3) is 3.89. The molecule has 2 rings (SSSR count).